The first kappa shape index (κ1) is 12.1. The van der Waals surface area contributed by atoms with Crippen molar-refractivity contribution in [3.8, 4) is 12.3 Å². The molecule has 1 rings (SSSR count). The number of carbonyl (C=O) groups is 1. The van der Waals surface area contributed by atoms with Crippen LogP contribution in [-0.2, 0) is 9.53 Å². The van der Waals surface area contributed by atoms with Crippen molar-refractivity contribution in [1.82, 2.24) is 5.32 Å². The van der Waals surface area contributed by atoms with Crippen molar-refractivity contribution in [1.29, 1.82) is 0 Å². The van der Waals surface area contributed by atoms with Crippen molar-refractivity contribution in [2.45, 2.75) is 45.3 Å². The Morgan fingerprint density at radius 2 is 2.47 bits per heavy atom. The van der Waals surface area contributed by atoms with Crippen LogP contribution >= 0.6 is 0 Å². The van der Waals surface area contributed by atoms with E-state index in [1.807, 2.05) is 13.8 Å². The van der Waals surface area contributed by atoms with Crippen LogP contribution in [0.3, 0.4) is 0 Å². The maximum atomic E-state index is 11.8. The molecule has 1 N–H and O–H groups in total. The molecule has 1 fully saturated rings. The highest BCUT2D eigenvalue weighted by Crippen LogP contribution is 2.20. The van der Waals surface area contributed by atoms with Gasteiger partial charge in [-0.25, -0.2) is 0 Å². The Hall–Kier alpha value is -1.01. The minimum Gasteiger partial charge on any atom is -0.368 e. The van der Waals surface area contributed by atoms with Crippen LogP contribution in [-0.4, -0.2) is 24.7 Å². The quantitative estimate of drug-likeness (QED) is 0.709. The highest BCUT2D eigenvalue weighted by atomic mass is 16.5. The van der Waals surface area contributed by atoms with Crippen molar-refractivity contribution in [2.75, 3.05) is 6.61 Å². The molecule has 0 spiro atoms. The van der Waals surface area contributed by atoms with E-state index in [1.165, 1.54) is 0 Å². The third-order valence-electron chi connectivity index (χ3n) is 2.85. The largest absolute Gasteiger partial charge is 0.368 e. The molecular weight excluding hydrogens is 190 g/mol. The molecule has 1 aliphatic heterocycles. The summed E-state index contributed by atoms with van der Waals surface area (Å²) in [5.41, 5.74) is 0. The SMILES string of the molecule is C#CCC(CC)NC(=O)C1OCCC1C. The predicted octanol–water partition coefficient (Wildman–Crippen LogP) is 1.33. The molecule has 1 amide bonds. The molecular formula is C12H19NO2. The average molecular weight is 209 g/mol. The Bertz CT molecular complexity index is 257. The molecule has 0 radical (unpaired) electrons. The monoisotopic (exact) mass is 209 g/mol. The van der Waals surface area contributed by atoms with E-state index in [9.17, 15) is 4.79 Å². The normalized spacial score (nSPS) is 27.0. The molecule has 3 heteroatoms. The minimum absolute atomic E-state index is 0.0119. The summed E-state index contributed by atoms with van der Waals surface area (Å²) >= 11 is 0. The maximum absolute atomic E-state index is 11.8. The van der Waals surface area contributed by atoms with Gasteiger partial charge in [-0.05, 0) is 18.8 Å². The van der Waals surface area contributed by atoms with Gasteiger partial charge in [-0.15, -0.1) is 12.3 Å². The lowest BCUT2D eigenvalue weighted by Gasteiger charge is -2.19. The van der Waals surface area contributed by atoms with Gasteiger partial charge >= 0.3 is 0 Å². The molecule has 3 atom stereocenters. The van der Waals surface area contributed by atoms with Crippen molar-refractivity contribution in [3.05, 3.63) is 0 Å². The smallest absolute Gasteiger partial charge is 0.249 e. The number of hydrogen-bond donors (Lipinski definition) is 1. The lowest BCUT2D eigenvalue weighted by Crippen LogP contribution is -2.42. The average Bonchev–Trinajstić information content (AvgIpc) is 2.63. The number of hydrogen-bond acceptors (Lipinski definition) is 2. The van der Waals surface area contributed by atoms with Crippen LogP contribution in [0.5, 0.6) is 0 Å². The zero-order valence-electron chi connectivity index (χ0n) is 9.45. The van der Waals surface area contributed by atoms with Gasteiger partial charge < -0.3 is 10.1 Å². The number of rotatable bonds is 4. The molecule has 0 aliphatic carbocycles. The number of amides is 1. The fourth-order valence-corrected chi connectivity index (χ4v) is 1.75. The Kier molecular flexibility index (Phi) is 4.64. The third kappa shape index (κ3) is 3.24. The molecule has 15 heavy (non-hydrogen) atoms. The Morgan fingerprint density at radius 3 is 2.93 bits per heavy atom. The first-order valence-corrected chi connectivity index (χ1v) is 5.54. The van der Waals surface area contributed by atoms with Crippen LogP contribution in [0.25, 0.3) is 0 Å². The Morgan fingerprint density at radius 1 is 1.73 bits per heavy atom. The second kappa shape index (κ2) is 5.77. The van der Waals surface area contributed by atoms with E-state index in [2.05, 4.69) is 11.2 Å². The highest BCUT2D eigenvalue weighted by Gasteiger charge is 2.31. The molecule has 1 heterocycles. The molecule has 84 valence electrons. The fraction of sp³-hybridized carbons (Fsp3) is 0.750. The predicted molar refractivity (Wildman–Crippen MR) is 59.2 cm³/mol. The van der Waals surface area contributed by atoms with Crippen molar-refractivity contribution >= 4 is 5.91 Å². The van der Waals surface area contributed by atoms with Gasteiger partial charge in [0.25, 0.3) is 0 Å². The Balaban J connectivity index is 2.43. The van der Waals surface area contributed by atoms with Gasteiger partial charge in [0.2, 0.25) is 5.91 Å². The fourth-order valence-electron chi connectivity index (χ4n) is 1.75. The van der Waals surface area contributed by atoms with Gasteiger partial charge in [0.15, 0.2) is 0 Å². The summed E-state index contributed by atoms with van der Waals surface area (Å²) < 4.78 is 5.39. The Labute approximate surface area is 91.6 Å². The highest BCUT2D eigenvalue weighted by molar-refractivity contribution is 5.81. The van der Waals surface area contributed by atoms with Crippen LogP contribution in [0.1, 0.15) is 33.1 Å². The van der Waals surface area contributed by atoms with E-state index >= 15 is 0 Å². The second-order valence-electron chi connectivity index (χ2n) is 4.08. The van der Waals surface area contributed by atoms with Crippen molar-refractivity contribution in [2.24, 2.45) is 5.92 Å². The van der Waals surface area contributed by atoms with E-state index in [-0.39, 0.29) is 18.1 Å². The van der Waals surface area contributed by atoms with E-state index in [1.54, 1.807) is 0 Å². The van der Waals surface area contributed by atoms with Gasteiger partial charge in [-0.3, -0.25) is 4.79 Å². The first-order valence-electron chi connectivity index (χ1n) is 5.54. The molecule has 0 aromatic rings. The summed E-state index contributed by atoms with van der Waals surface area (Å²) in [5, 5.41) is 2.93. The minimum atomic E-state index is -0.281. The summed E-state index contributed by atoms with van der Waals surface area (Å²) in [4.78, 5) is 11.8. The maximum Gasteiger partial charge on any atom is 0.249 e. The topological polar surface area (TPSA) is 38.3 Å². The molecule has 3 nitrogen and oxygen atoms in total. The standard InChI is InChI=1S/C12H19NO2/c1-4-6-10(5-2)13-12(14)11-9(3)7-8-15-11/h1,9-11H,5-8H2,2-3H3,(H,13,14). The van der Waals surface area contributed by atoms with Crippen molar-refractivity contribution in [3.63, 3.8) is 0 Å². The second-order valence-corrected chi connectivity index (χ2v) is 4.08. The van der Waals surface area contributed by atoms with Crippen LogP contribution in [0.15, 0.2) is 0 Å². The van der Waals surface area contributed by atoms with Gasteiger partial charge in [-0.2, -0.15) is 0 Å². The van der Waals surface area contributed by atoms with E-state index in [0.717, 1.165) is 12.8 Å². The van der Waals surface area contributed by atoms with Gasteiger partial charge in [0.1, 0.15) is 6.10 Å². The summed E-state index contributed by atoms with van der Waals surface area (Å²) in [5.74, 6) is 2.87. The van der Waals surface area contributed by atoms with Gasteiger partial charge in [-0.1, -0.05) is 13.8 Å². The summed E-state index contributed by atoms with van der Waals surface area (Å²) in [6.45, 7) is 4.74. The first-order chi connectivity index (χ1) is 7.19. The lowest BCUT2D eigenvalue weighted by atomic mass is 10.0. The van der Waals surface area contributed by atoms with Crippen LogP contribution < -0.4 is 5.32 Å². The third-order valence-corrected chi connectivity index (χ3v) is 2.85. The molecule has 0 bridgehead atoms. The van der Waals surface area contributed by atoms with Crippen LogP contribution in [0.4, 0.5) is 0 Å². The number of terminal acetylenes is 1. The number of carbonyl (C=O) groups excluding carboxylic acids is 1. The van der Waals surface area contributed by atoms with Gasteiger partial charge in [0.05, 0.1) is 0 Å². The lowest BCUT2D eigenvalue weighted by molar-refractivity contribution is -0.132. The molecule has 3 unspecified atom stereocenters. The number of ether oxygens (including phenoxy) is 1. The summed E-state index contributed by atoms with van der Waals surface area (Å²) in [6.07, 6.45) is 7.36. The van der Waals surface area contributed by atoms with Crippen molar-refractivity contribution < 1.29 is 9.53 Å². The molecule has 0 aromatic carbocycles. The molecule has 1 saturated heterocycles. The van der Waals surface area contributed by atoms with Crippen LogP contribution in [0, 0.1) is 18.3 Å². The van der Waals surface area contributed by atoms with Gasteiger partial charge in [0, 0.05) is 19.1 Å². The van der Waals surface area contributed by atoms with E-state index in [0.29, 0.717) is 18.9 Å². The molecule has 1 aliphatic rings. The van der Waals surface area contributed by atoms with E-state index in [4.69, 9.17) is 11.2 Å². The van der Waals surface area contributed by atoms with Crippen LogP contribution in [0.2, 0.25) is 0 Å². The summed E-state index contributed by atoms with van der Waals surface area (Å²) in [6, 6.07) is 0.0823. The number of nitrogens with one attached hydrogen (secondary N) is 1. The zero-order valence-corrected chi connectivity index (χ0v) is 9.45. The summed E-state index contributed by atoms with van der Waals surface area (Å²) in [7, 11) is 0. The zero-order chi connectivity index (χ0) is 11.3. The van der Waals surface area contributed by atoms with E-state index < -0.39 is 0 Å². The molecule has 0 aromatic heterocycles. The molecule has 0 saturated carbocycles.